The topological polar surface area (TPSA) is 79.5 Å². The van der Waals surface area contributed by atoms with Gasteiger partial charge in [-0.3, -0.25) is 4.72 Å². The molecule has 0 saturated heterocycles. The summed E-state index contributed by atoms with van der Waals surface area (Å²) in [7, 11) is -3.89. The summed E-state index contributed by atoms with van der Waals surface area (Å²) in [6.07, 6.45) is 0. The first-order valence-electron chi connectivity index (χ1n) is 5.41. The molecule has 0 aliphatic heterocycles. The Labute approximate surface area is 109 Å². The minimum Gasteiger partial charge on any atom is -0.445 e. The maximum atomic E-state index is 12.9. The van der Waals surface area contributed by atoms with E-state index in [1.807, 2.05) is 0 Å². The number of hydrogen-bond donors (Lipinski definition) is 2. The van der Waals surface area contributed by atoms with E-state index in [0.29, 0.717) is 5.56 Å². The van der Waals surface area contributed by atoms with Gasteiger partial charge in [-0.05, 0) is 42.8 Å². The molecule has 0 radical (unpaired) electrons. The van der Waals surface area contributed by atoms with E-state index in [9.17, 15) is 12.8 Å². The Morgan fingerprint density at radius 1 is 1.32 bits per heavy atom. The van der Waals surface area contributed by atoms with Crippen LogP contribution in [0.15, 0.2) is 39.8 Å². The standard InChI is InChI=1S/C12H12FNO4S/c1-8-6-9(13)2-4-11(8)14-19(16,17)12-5-3-10(7-15)18-12/h2-6,14-15H,7H2,1H3. The molecular formula is C12H12FNO4S. The van der Waals surface area contributed by atoms with Gasteiger partial charge >= 0.3 is 0 Å². The summed E-state index contributed by atoms with van der Waals surface area (Å²) < 4.78 is 44.2. The average molecular weight is 285 g/mol. The first-order valence-corrected chi connectivity index (χ1v) is 6.89. The predicted molar refractivity (Wildman–Crippen MR) is 66.6 cm³/mol. The van der Waals surface area contributed by atoms with Crippen molar-refractivity contribution in [2.24, 2.45) is 0 Å². The summed E-state index contributed by atoms with van der Waals surface area (Å²) in [5, 5.41) is 8.53. The largest absolute Gasteiger partial charge is 0.445 e. The van der Waals surface area contributed by atoms with Crippen molar-refractivity contribution in [2.75, 3.05) is 4.72 Å². The highest BCUT2D eigenvalue weighted by Gasteiger charge is 2.19. The van der Waals surface area contributed by atoms with Crippen LogP contribution in [0.1, 0.15) is 11.3 Å². The normalized spacial score (nSPS) is 11.5. The summed E-state index contributed by atoms with van der Waals surface area (Å²) >= 11 is 0. The van der Waals surface area contributed by atoms with E-state index in [1.165, 1.54) is 24.3 Å². The molecule has 0 unspecified atom stereocenters. The molecule has 0 aliphatic rings. The van der Waals surface area contributed by atoms with Crippen molar-refractivity contribution in [3.8, 4) is 0 Å². The minimum absolute atomic E-state index is 0.149. The first-order chi connectivity index (χ1) is 8.92. The molecule has 2 N–H and O–H groups in total. The van der Waals surface area contributed by atoms with Gasteiger partial charge in [0.05, 0.1) is 5.69 Å². The van der Waals surface area contributed by atoms with Crippen molar-refractivity contribution in [1.82, 2.24) is 0 Å². The predicted octanol–water partition coefficient (Wildman–Crippen LogP) is 2.02. The quantitative estimate of drug-likeness (QED) is 0.900. The number of sulfonamides is 1. The molecule has 102 valence electrons. The van der Waals surface area contributed by atoms with Gasteiger partial charge in [-0.2, -0.15) is 8.42 Å². The van der Waals surface area contributed by atoms with Gasteiger partial charge in [-0.15, -0.1) is 0 Å². The molecule has 1 heterocycles. The van der Waals surface area contributed by atoms with Gasteiger partial charge in [0, 0.05) is 0 Å². The van der Waals surface area contributed by atoms with Crippen LogP contribution in [0.4, 0.5) is 10.1 Å². The SMILES string of the molecule is Cc1cc(F)ccc1NS(=O)(=O)c1ccc(CO)o1. The third-order valence-corrected chi connectivity index (χ3v) is 3.73. The fourth-order valence-corrected chi connectivity index (χ4v) is 2.61. The van der Waals surface area contributed by atoms with Crippen molar-refractivity contribution in [3.05, 3.63) is 47.5 Å². The molecule has 19 heavy (non-hydrogen) atoms. The molecule has 1 aromatic carbocycles. The van der Waals surface area contributed by atoms with Crippen LogP contribution < -0.4 is 4.72 Å². The number of aryl methyl sites for hydroxylation is 1. The second-order valence-corrected chi connectivity index (χ2v) is 5.56. The molecule has 5 nitrogen and oxygen atoms in total. The first kappa shape index (κ1) is 13.6. The van der Waals surface area contributed by atoms with E-state index in [4.69, 9.17) is 9.52 Å². The lowest BCUT2D eigenvalue weighted by atomic mass is 10.2. The third-order valence-electron chi connectivity index (χ3n) is 2.49. The van der Waals surface area contributed by atoms with Crippen LogP contribution in [0.25, 0.3) is 0 Å². The van der Waals surface area contributed by atoms with Crippen molar-refractivity contribution >= 4 is 15.7 Å². The van der Waals surface area contributed by atoms with E-state index in [1.54, 1.807) is 6.92 Å². The Morgan fingerprint density at radius 3 is 2.63 bits per heavy atom. The number of aliphatic hydroxyl groups is 1. The molecule has 0 fully saturated rings. The van der Waals surface area contributed by atoms with Crippen molar-refractivity contribution in [3.63, 3.8) is 0 Å². The van der Waals surface area contributed by atoms with Gasteiger partial charge in [0.1, 0.15) is 18.2 Å². The van der Waals surface area contributed by atoms with E-state index >= 15 is 0 Å². The van der Waals surface area contributed by atoms with E-state index in [-0.39, 0.29) is 23.1 Å². The maximum absolute atomic E-state index is 12.9. The van der Waals surface area contributed by atoms with Crippen LogP contribution in [0, 0.1) is 12.7 Å². The van der Waals surface area contributed by atoms with Crippen molar-refractivity contribution < 1.29 is 22.3 Å². The summed E-state index contributed by atoms with van der Waals surface area (Å²) in [6.45, 7) is 1.20. The van der Waals surface area contributed by atoms with E-state index in [2.05, 4.69) is 4.72 Å². The Balaban J connectivity index is 2.30. The molecule has 0 atom stereocenters. The fourth-order valence-electron chi connectivity index (χ4n) is 1.52. The molecular weight excluding hydrogens is 273 g/mol. The smallest absolute Gasteiger partial charge is 0.295 e. The Kier molecular flexibility index (Phi) is 3.59. The Hall–Kier alpha value is -1.86. The van der Waals surface area contributed by atoms with Gasteiger partial charge < -0.3 is 9.52 Å². The number of benzene rings is 1. The molecule has 0 amide bonds. The molecule has 0 spiro atoms. The number of aliphatic hydroxyl groups excluding tert-OH is 1. The number of halogens is 1. The Morgan fingerprint density at radius 2 is 2.05 bits per heavy atom. The van der Waals surface area contributed by atoms with Gasteiger partial charge in [-0.25, -0.2) is 4.39 Å². The van der Waals surface area contributed by atoms with Crippen LogP contribution in [0.3, 0.4) is 0 Å². The van der Waals surface area contributed by atoms with E-state index < -0.39 is 15.8 Å². The Bertz CT molecular complexity index is 694. The van der Waals surface area contributed by atoms with E-state index in [0.717, 1.165) is 6.07 Å². The monoisotopic (exact) mass is 285 g/mol. The van der Waals surface area contributed by atoms with Crippen LogP contribution in [-0.4, -0.2) is 13.5 Å². The number of furan rings is 1. The highest BCUT2D eigenvalue weighted by atomic mass is 32.2. The molecule has 1 aromatic heterocycles. The summed E-state index contributed by atoms with van der Waals surface area (Å²) in [4.78, 5) is 0. The fraction of sp³-hybridized carbons (Fsp3) is 0.167. The zero-order chi connectivity index (χ0) is 14.0. The lowest BCUT2D eigenvalue weighted by Crippen LogP contribution is -2.13. The number of hydrogen-bond acceptors (Lipinski definition) is 4. The van der Waals surface area contributed by atoms with Gasteiger partial charge in [-0.1, -0.05) is 0 Å². The lowest BCUT2D eigenvalue weighted by molar-refractivity contribution is 0.236. The zero-order valence-electron chi connectivity index (χ0n) is 10.1. The summed E-state index contributed by atoms with van der Waals surface area (Å²) in [6, 6.07) is 6.32. The molecule has 0 saturated carbocycles. The summed E-state index contributed by atoms with van der Waals surface area (Å²) in [5.74, 6) is -0.294. The number of nitrogens with one attached hydrogen (secondary N) is 1. The van der Waals surface area contributed by atoms with Crippen LogP contribution in [0.5, 0.6) is 0 Å². The lowest BCUT2D eigenvalue weighted by Gasteiger charge is -2.08. The van der Waals surface area contributed by atoms with Crippen LogP contribution in [-0.2, 0) is 16.6 Å². The highest BCUT2D eigenvalue weighted by Crippen LogP contribution is 2.21. The zero-order valence-corrected chi connectivity index (χ0v) is 10.9. The highest BCUT2D eigenvalue weighted by molar-refractivity contribution is 7.92. The number of rotatable bonds is 4. The molecule has 2 rings (SSSR count). The molecule has 0 aliphatic carbocycles. The second kappa shape index (κ2) is 5.02. The summed E-state index contributed by atoms with van der Waals surface area (Å²) in [5.41, 5.74) is 0.723. The average Bonchev–Trinajstić information content (AvgIpc) is 2.82. The van der Waals surface area contributed by atoms with Crippen molar-refractivity contribution in [2.45, 2.75) is 18.6 Å². The van der Waals surface area contributed by atoms with Crippen molar-refractivity contribution in [1.29, 1.82) is 0 Å². The third kappa shape index (κ3) is 2.94. The van der Waals surface area contributed by atoms with Crippen LogP contribution >= 0.6 is 0 Å². The van der Waals surface area contributed by atoms with Crippen LogP contribution in [0.2, 0.25) is 0 Å². The van der Waals surface area contributed by atoms with Gasteiger partial charge in [0.25, 0.3) is 10.0 Å². The maximum Gasteiger partial charge on any atom is 0.295 e. The second-order valence-electron chi connectivity index (χ2n) is 3.94. The molecule has 0 bridgehead atoms. The number of anilines is 1. The minimum atomic E-state index is -3.89. The molecule has 2 aromatic rings. The van der Waals surface area contributed by atoms with Gasteiger partial charge in [0.2, 0.25) is 5.09 Å². The van der Waals surface area contributed by atoms with Gasteiger partial charge in [0.15, 0.2) is 0 Å². The molecule has 7 heteroatoms.